The van der Waals surface area contributed by atoms with Gasteiger partial charge in [-0.05, 0) is 18.2 Å². The molecule has 0 saturated heterocycles. The van der Waals surface area contributed by atoms with Crippen LogP contribution in [0.5, 0.6) is 11.5 Å². The molecule has 0 spiro atoms. The van der Waals surface area contributed by atoms with Crippen molar-refractivity contribution in [3.8, 4) is 11.5 Å². The topological polar surface area (TPSA) is 43.4 Å². The van der Waals surface area contributed by atoms with Crippen molar-refractivity contribution in [2.75, 3.05) is 20.3 Å². The first kappa shape index (κ1) is 13.5. The maximum Gasteiger partial charge on any atom is 0.145 e. The quantitative estimate of drug-likeness (QED) is 0.775. The zero-order valence-electron chi connectivity index (χ0n) is 11.0. The molecule has 1 heterocycles. The van der Waals surface area contributed by atoms with Gasteiger partial charge in [0, 0.05) is 32.0 Å². The van der Waals surface area contributed by atoms with Crippen molar-refractivity contribution in [3.63, 3.8) is 0 Å². The van der Waals surface area contributed by atoms with Gasteiger partial charge < -0.3 is 14.8 Å². The van der Waals surface area contributed by atoms with E-state index in [2.05, 4.69) is 10.3 Å². The predicted molar refractivity (Wildman–Crippen MR) is 74.3 cm³/mol. The molecular weight excluding hydrogens is 240 g/mol. The Kier molecular flexibility index (Phi) is 5.34. The van der Waals surface area contributed by atoms with Gasteiger partial charge in [-0.2, -0.15) is 0 Å². The minimum absolute atomic E-state index is 0.700. The van der Waals surface area contributed by atoms with Crippen molar-refractivity contribution >= 4 is 0 Å². The van der Waals surface area contributed by atoms with Gasteiger partial charge in [-0.3, -0.25) is 4.98 Å². The average Bonchev–Trinajstić information content (AvgIpc) is 2.46. The first-order chi connectivity index (χ1) is 9.40. The molecule has 0 bridgehead atoms. The van der Waals surface area contributed by atoms with E-state index in [4.69, 9.17) is 9.47 Å². The van der Waals surface area contributed by atoms with E-state index in [1.165, 1.54) is 0 Å². The van der Waals surface area contributed by atoms with E-state index in [1.807, 2.05) is 36.4 Å². The van der Waals surface area contributed by atoms with Crippen LogP contribution in [0.25, 0.3) is 0 Å². The Morgan fingerprint density at radius 2 is 2.05 bits per heavy atom. The molecular formula is C15H18N2O2. The minimum atomic E-state index is 0.700. The lowest BCUT2D eigenvalue weighted by Crippen LogP contribution is -2.18. The summed E-state index contributed by atoms with van der Waals surface area (Å²) in [5.41, 5.74) is 1.11. The Labute approximate surface area is 113 Å². The highest BCUT2D eigenvalue weighted by Crippen LogP contribution is 2.24. The van der Waals surface area contributed by atoms with Crippen molar-refractivity contribution in [2.24, 2.45) is 0 Å². The Bertz CT molecular complexity index is 489. The number of nitrogens with one attached hydrogen (secondary N) is 1. The van der Waals surface area contributed by atoms with Crippen molar-refractivity contribution in [3.05, 3.63) is 54.4 Å². The van der Waals surface area contributed by atoms with Gasteiger partial charge in [-0.1, -0.05) is 18.2 Å². The number of para-hydroxylation sites is 1. The fourth-order valence-corrected chi connectivity index (χ4v) is 1.68. The molecule has 0 fully saturated rings. The third-order valence-corrected chi connectivity index (χ3v) is 2.63. The number of methoxy groups -OCH3 is 1. The zero-order chi connectivity index (χ0) is 13.3. The predicted octanol–water partition coefficient (Wildman–Crippen LogP) is 2.61. The number of rotatable bonds is 7. The second kappa shape index (κ2) is 7.51. The zero-order valence-corrected chi connectivity index (χ0v) is 11.0. The molecule has 1 N–H and O–H groups in total. The molecule has 0 radical (unpaired) electrons. The summed E-state index contributed by atoms with van der Waals surface area (Å²) in [7, 11) is 1.70. The van der Waals surface area contributed by atoms with E-state index in [9.17, 15) is 0 Å². The normalized spacial score (nSPS) is 10.4. The number of hydrogen-bond acceptors (Lipinski definition) is 4. The highest BCUT2D eigenvalue weighted by molar-refractivity contribution is 5.36. The maximum atomic E-state index is 5.83. The molecule has 4 nitrogen and oxygen atoms in total. The van der Waals surface area contributed by atoms with Crippen LogP contribution in [0.3, 0.4) is 0 Å². The standard InChI is InChI=1S/C15H18N2O2/c1-18-10-9-17-11-13-5-2-3-7-15(13)19-14-6-4-8-16-12-14/h2-8,12,17H,9-11H2,1H3. The molecule has 0 aliphatic rings. The third kappa shape index (κ3) is 4.35. The van der Waals surface area contributed by atoms with Crippen LogP contribution in [0.4, 0.5) is 0 Å². The van der Waals surface area contributed by atoms with Crippen LogP contribution in [-0.4, -0.2) is 25.2 Å². The van der Waals surface area contributed by atoms with Crippen molar-refractivity contribution in [1.82, 2.24) is 10.3 Å². The minimum Gasteiger partial charge on any atom is -0.455 e. The van der Waals surface area contributed by atoms with Crippen LogP contribution < -0.4 is 10.1 Å². The molecule has 2 rings (SSSR count). The molecule has 0 aliphatic carbocycles. The maximum absolute atomic E-state index is 5.83. The fourth-order valence-electron chi connectivity index (χ4n) is 1.68. The summed E-state index contributed by atoms with van der Waals surface area (Å²) in [6.07, 6.45) is 3.43. The molecule has 0 atom stereocenters. The fraction of sp³-hybridized carbons (Fsp3) is 0.267. The Morgan fingerprint density at radius 1 is 1.16 bits per heavy atom. The van der Waals surface area contributed by atoms with E-state index >= 15 is 0 Å². The molecule has 1 aromatic carbocycles. The first-order valence-electron chi connectivity index (χ1n) is 6.25. The van der Waals surface area contributed by atoms with Crippen molar-refractivity contribution in [2.45, 2.75) is 6.54 Å². The molecule has 19 heavy (non-hydrogen) atoms. The average molecular weight is 258 g/mol. The number of ether oxygens (including phenoxy) is 2. The van der Waals surface area contributed by atoms with E-state index in [1.54, 1.807) is 19.5 Å². The number of pyridine rings is 1. The summed E-state index contributed by atoms with van der Waals surface area (Å²) < 4.78 is 10.8. The van der Waals surface area contributed by atoms with Gasteiger partial charge >= 0.3 is 0 Å². The third-order valence-electron chi connectivity index (χ3n) is 2.63. The lowest BCUT2D eigenvalue weighted by Gasteiger charge is -2.11. The summed E-state index contributed by atoms with van der Waals surface area (Å²) in [6.45, 7) is 2.27. The Hall–Kier alpha value is -1.91. The summed E-state index contributed by atoms with van der Waals surface area (Å²) >= 11 is 0. The molecule has 0 aliphatic heterocycles. The summed E-state index contributed by atoms with van der Waals surface area (Å²) in [6, 6.07) is 11.7. The van der Waals surface area contributed by atoms with Crippen LogP contribution in [-0.2, 0) is 11.3 Å². The number of hydrogen-bond donors (Lipinski definition) is 1. The summed E-state index contributed by atoms with van der Waals surface area (Å²) in [5.74, 6) is 1.59. The Balaban J connectivity index is 2.00. The van der Waals surface area contributed by atoms with Crippen LogP contribution >= 0.6 is 0 Å². The van der Waals surface area contributed by atoms with E-state index < -0.39 is 0 Å². The van der Waals surface area contributed by atoms with E-state index in [0.717, 1.165) is 30.2 Å². The molecule has 0 saturated carbocycles. The van der Waals surface area contributed by atoms with E-state index in [0.29, 0.717) is 6.61 Å². The van der Waals surface area contributed by atoms with Gasteiger partial charge in [0.25, 0.3) is 0 Å². The van der Waals surface area contributed by atoms with Gasteiger partial charge in [0.05, 0.1) is 12.8 Å². The second-order valence-electron chi connectivity index (χ2n) is 4.07. The number of benzene rings is 1. The van der Waals surface area contributed by atoms with Crippen LogP contribution in [0.2, 0.25) is 0 Å². The largest absolute Gasteiger partial charge is 0.455 e. The van der Waals surface area contributed by atoms with Gasteiger partial charge in [0.2, 0.25) is 0 Å². The van der Waals surface area contributed by atoms with Crippen molar-refractivity contribution < 1.29 is 9.47 Å². The van der Waals surface area contributed by atoms with Gasteiger partial charge in [0.1, 0.15) is 11.5 Å². The molecule has 4 heteroatoms. The van der Waals surface area contributed by atoms with Crippen LogP contribution in [0, 0.1) is 0 Å². The van der Waals surface area contributed by atoms with Crippen LogP contribution in [0.15, 0.2) is 48.8 Å². The van der Waals surface area contributed by atoms with Gasteiger partial charge in [0.15, 0.2) is 0 Å². The monoisotopic (exact) mass is 258 g/mol. The highest BCUT2D eigenvalue weighted by atomic mass is 16.5. The van der Waals surface area contributed by atoms with Gasteiger partial charge in [-0.25, -0.2) is 0 Å². The van der Waals surface area contributed by atoms with Crippen LogP contribution in [0.1, 0.15) is 5.56 Å². The highest BCUT2D eigenvalue weighted by Gasteiger charge is 2.03. The number of nitrogens with zero attached hydrogens (tertiary/aromatic N) is 1. The molecule has 0 amide bonds. The molecule has 1 aromatic heterocycles. The lowest BCUT2D eigenvalue weighted by molar-refractivity contribution is 0.199. The smallest absolute Gasteiger partial charge is 0.145 e. The molecule has 0 unspecified atom stereocenters. The van der Waals surface area contributed by atoms with Crippen molar-refractivity contribution in [1.29, 1.82) is 0 Å². The second-order valence-corrected chi connectivity index (χ2v) is 4.07. The van der Waals surface area contributed by atoms with Gasteiger partial charge in [-0.15, -0.1) is 0 Å². The summed E-state index contributed by atoms with van der Waals surface area (Å²) in [5, 5.41) is 3.31. The molecule has 2 aromatic rings. The van der Waals surface area contributed by atoms with E-state index in [-0.39, 0.29) is 0 Å². The molecule has 100 valence electrons. The number of aromatic nitrogens is 1. The first-order valence-corrected chi connectivity index (χ1v) is 6.25. The Morgan fingerprint density at radius 3 is 2.84 bits per heavy atom. The SMILES string of the molecule is COCCNCc1ccccc1Oc1cccnc1. The lowest BCUT2D eigenvalue weighted by atomic mass is 10.2. The summed E-state index contributed by atoms with van der Waals surface area (Å²) in [4.78, 5) is 4.04.